The highest BCUT2D eigenvalue weighted by Gasteiger charge is 2.12. The van der Waals surface area contributed by atoms with Crippen LogP contribution in [0.5, 0.6) is 0 Å². The molecular formula is C18H10BrNS. The third kappa shape index (κ3) is 1.56. The molecule has 5 aromatic rings. The average molecular weight is 352 g/mol. The van der Waals surface area contributed by atoms with Crippen LogP contribution in [-0.4, -0.2) is 4.98 Å². The number of halogens is 1. The summed E-state index contributed by atoms with van der Waals surface area (Å²) in [6, 6.07) is 19.5. The van der Waals surface area contributed by atoms with Crippen LogP contribution in [0.4, 0.5) is 0 Å². The molecule has 0 fully saturated rings. The summed E-state index contributed by atoms with van der Waals surface area (Å²) in [5.41, 5.74) is 2.39. The number of fused-ring (bicyclic) bond motifs is 7. The maximum Gasteiger partial charge on any atom is 0.0479 e. The highest BCUT2D eigenvalue weighted by atomic mass is 79.9. The molecule has 1 nitrogen and oxygen atoms in total. The molecule has 5 rings (SSSR count). The Morgan fingerprint density at radius 3 is 2.62 bits per heavy atom. The SMILES string of the molecule is Brc1ccc2c(c1)[nH]c1ccc3c4ccccc4sc3c12. The summed E-state index contributed by atoms with van der Waals surface area (Å²) in [7, 11) is 0. The zero-order valence-corrected chi connectivity index (χ0v) is 13.4. The molecule has 0 unspecified atom stereocenters. The van der Waals surface area contributed by atoms with Gasteiger partial charge in [-0.3, -0.25) is 0 Å². The number of benzene rings is 3. The third-order valence-electron chi connectivity index (χ3n) is 4.07. The van der Waals surface area contributed by atoms with Gasteiger partial charge in [-0.05, 0) is 24.3 Å². The number of aromatic amines is 1. The van der Waals surface area contributed by atoms with Crippen molar-refractivity contribution in [3.63, 3.8) is 0 Å². The first kappa shape index (κ1) is 11.8. The molecule has 0 radical (unpaired) electrons. The Balaban J connectivity index is 2.09. The van der Waals surface area contributed by atoms with Crippen molar-refractivity contribution in [3.8, 4) is 0 Å². The van der Waals surface area contributed by atoms with Crippen LogP contribution in [0.1, 0.15) is 0 Å². The van der Waals surface area contributed by atoms with Gasteiger partial charge in [0, 0.05) is 46.5 Å². The van der Waals surface area contributed by atoms with Crippen LogP contribution in [0.2, 0.25) is 0 Å². The summed E-state index contributed by atoms with van der Waals surface area (Å²) in [6.45, 7) is 0. The number of hydrogen-bond acceptors (Lipinski definition) is 1. The van der Waals surface area contributed by atoms with Gasteiger partial charge in [0.15, 0.2) is 0 Å². The molecule has 0 saturated carbocycles. The van der Waals surface area contributed by atoms with Gasteiger partial charge in [0.2, 0.25) is 0 Å². The standard InChI is InChI=1S/C18H10BrNS/c19-10-5-6-13-15(9-10)20-14-8-7-12-11-3-1-2-4-16(11)21-18(12)17(13)14/h1-9,20H. The fourth-order valence-electron chi connectivity index (χ4n) is 3.14. The second kappa shape index (κ2) is 4.09. The molecule has 21 heavy (non-hydrogen) atoms. The van der Waals surface area contributed by atoms with E-state index in [1.165, 1.54) is 42.0 Å². The predicted octanol–water partition coefficient (Wildman–Crippen LogP) is 6.45. The Hall–Kier alpha value is -1.84. The average Bonchev–Trinajstić information content (AvgIpc) is 3.03. The zero-order valence-electron chi connectivity index (χ0n) is 11.0. The van der Waals surface area contributed by atoms with Gasteiger partial charge in [0.1, 0.15) is 0 Å². The predicted molar refractivity (Wildman–Crippen MR) is 96.4 cm³/mol. The number of hydrogen-bond donors (Lipinski definition) is 1. The highest BCUT2D eigenvalue weighted by molar-refractivity contribution is 9.10. The first-order valence-corrected chi connectivity index (χ1v) is 8.43. The Morgan fingerprint density at radius 2 is 1.67 bits per heavy atom. The van der Waals surface area contributed by atoms with Crippen LogP contribution in [-0.2, 0) is 0 Å². The normalized spacial score (nSPS) is 12.0. The van der Waals surface area contributed by atoms with E-state index in [0.29, 0.717) is 0 Å². The van der Waals surface area contributed by atoms with E-state index in [0.717, 1.165) is 4.47 Å². The molecule has 0 aliphatic heterocycles. The van der Waals surface area contributed by atoms with Crippen molar-refractivity contribution in [1.82, 2.24) is 4.98 Å². The van der Waals surface area contributed by atoms with Gasteiger partial charge in [-0.1, -0.05) is 46.3 Å². The molecule has 3 heteroatoms. The summed E-state index contributed by atoms with van der Waals surface area (Å²) < 4.78 is 3.84. The van der Waals surface area contributed by atoms with Gasteiger partial charge < -0.3 is 4.98 Å². The summed E-state index contributed by atoms with van der Waals surface area (Å²) in [4.78, 5) is 3.53. The first-order valence-electron chi connectivity index (χ1n) is 6.82. The third-order valence-corrected chi connectivity index (χ3v) is 5.76. The first-order chi connectivity index (χ1) is 10.3. The molecule has 100 valence electrons. The molecule has 0 aliphatic rings. The fraction of sp³-hybridized carbons (Fsp3) is 0. The molecular weight excluding hydrogens is 342 g/mol. The minimum atomic E-state index is 1.11. The van der Waals surface area contributed by atoms with Crippen molar-refractivity contribution in [2.75, 3.05) is 0 Å². The van der Waals surface area contributed by atoms with Crippen LogP contribution >= 0.6 is 27.3 Å². The lowest BCUT2D eigenvalue weighted by Gasteiger charge is -1.95. The lowest BCUT2D eigenvalue weighted by atomic mass is 10.1. The van der Waals surface area contributed by atoms with Crippen LogP contribution in [0.15, 0.2) is 59.1 Å². The number of nitrogens with one attached hydrogen (secondary N) is 1. The van der Waals surface area contributed by atoms with Crippen LogP contribution < -0.4 is 0 Å². The monoisotopic (exact) mass is 351 g/mol. The second-order valence-electron chi connectivity index (χ2n) is 5.28. The maximum absolute atomic E-state index is 3.55. The Bertz CT molecular complexity index is 1150. The molecule has 3 aromatic carbocycles. The Morgan fingerprint density at radius 1 is 0.810 bits per heavy atom. The molecule has 0 spiro atoms. The quantitative estimate of drug-likeness (QED) is 0.330. The van der Waals surface area contributed by atoms with E-state index in [-0.39, 0.29) is 0 Å². The van der Waals surface area contributed by atoms with E-state index >= 15 is 0 Å². The number of H-pyrrole nitrogens is 1. The van der Waals surface area contributed by atoms with Crippen molar-refractivity contribution in [3.05, 3.63) is 59.1 Å². The van der Waals surface area contributed by atoms with Crippen LogP contribution in [0.3, 0.4) is 0 Å². The van der Waals surface area contributed by atoms with Crippen LogP contribution in [0.25, 0.3) is 42.0 Å². The van der Waals surface area contributed by atoms with Crippen molar-refractivity contribution < 1.29 is 0 Å². The van der Waals surface area contributed by atoms with Gasteiger partial charge in [-0.2, -0.15) is 0 Å². The minimum absolute atomic E-state index is 1.11. The lowest BCUT2D eigenvalue weighted by Crippen LogP contribution is -1.69. The lowest BCUT2D eigenvalue weighted by molar-refractivity contribution is 1.54. The molecule has 0 saturated heterocycles. The molecule has 2 heterocycles. The topological polar surface area (TPSA) is 15.8 Å². The van der Waals surface area contributed by atoms with Gasteiger partial charge in [-0.15, -0.1) is 11.3 Å². The molecule has 0 amide bonds. The molecule has 0 aliphatic carbocycles. The van der Waals surface area contributed by atoms with Gasteiger partial charge >= 0.3 is 0 Å². The summed E-state index contributed by atoms with van der Waals surface area (Å²) >= 11 is 5.43. The van der Waals surface area contributed by atoms with Crippen LogP contribution in [0, 0.1) is 0 Å². The number of aromatic nitrogens is 1. The van der Waals surface area contributed by atoms with E-state index < -0.39 is 0 Å². The summed E-state index contributed by atoms with van der Waals surface area (Å²) in [5.74, 6) is 0. The maximum atomic E-state index is 3.55. The molecule has 0 bridgehead atoms. The van der Waals surface area contributed by atoms with E-state index in [4.69, 9.17) is 0 Å². The molecule has 1 N–H and O–H groups in total. The summed E-state index contributed by atoms with van der Waals surface area (Å²) in [6.07, 6.45) is 0. The number of thiophene rings is 1. The van der Waals surface area contributed by atoms with Crippen molar-refractivity contribution in [1.29, 1.82) is 0 Å². The number of rotatable bonds is 0. The van der Waals surface area contributed by atoms with Gasteiger partial charge in [0.05, 0.1) is 0 Å². The van der Waals surface area contributed by atoms with Crippen molar-refractivity contribution in [2.24, 2.45) is 0 Å². The summed E-state index contributed by atoms with van der Waals surface area (Å²) in [5, 5.41) is 5.35. The Labute approximate surface area is 133 Å². The molecule has 0 atom stereocenters. The van der Waals surface area contributed by atoms with Gasteiger partial charge in [0.25, 0.3) is 0 Å². The molecule has 2 aromatic heterocycles. The van der Waals surface area contributed by atoms with E-state index in [2.05, 4.69) is 75.5 Å². The zero-order chi connectivity index (χ0) is 14.0. The Kier molecular flexibility index (Phi) is 2.29. The van der Waals surface area contributed by atoms with Gasteiger partial charge in [-0.25, -0.2) is 0 Å². The van der Waals surface area contributed by atoms with E-state index in [1.54, 1.807) is 0 Å². The van der Waals surface area contributed by atoms with Crippen molar-refractivity contribution in [2.45, 2.75) is 0 Å². The highest BCUT2D eigenvalue weighted by Crippen LogP contribution is 2.41. The minimum Gasteiger partial charge on any atom is -0.354 e. The van der Waals surface area contributed by atoms with E-state index in [1.807, 2.05) is 11.3 Å². The smallest absolute Gasteiger partial charge is 0.0479 e. The second-order valence-corrected chi connectivity index (χ2v) is 7.25. The van der Waals surface area contributed by atoms with Crippen molar-refractivity contribution >= 4 is 69.2 Å². The van der Waals surface area contributed by atoms with E-state index in [9.17, 15) is 0 Å². The largest absolute Gasteiger partial charge is 0.354 e. The fourth-order valence-corrected chi connectivity index (χ4v) is 4.77.